The summed E-state index contributed by atoms with van der Waals surface area (Å²) < 4.78 is 0. The van der Waals surface area contributed by atoms with Gasteiger partial charge in [0.05, 0.1) is 79.1 Å². The number of nitrogen functional groups attached to an aromatic ring is 6. The molecule has 16 heteroatoms. The standard InChI is InChI=1S/C63H76N12O4/c1-3-71-51-11-5-39(19-45(51)65)41-7-13-53(47(67)21-41)73-57(77)61-26-36-17-37(27-61)31-63(30-36,33-61)59(79)75-55-15-9-43(23-49(55)69)42-8-14-54(48(68)22-42)74-58(78)62-28-34-16-35(29-62)25-60(24-34,32-62)56(76)72-52-12-6-40(20-46(52)66)38-4-10-50(70-2)44(64)18-38/h4-15,18-23,34-37,56,59,70-72,75-76,79H,3,16-17,24-33,64-69H2,1-2H3,(H,73,77)(H,74,78). The fraction of sp³-hybridized carbons (Fsp3) is 0.397. The van der Waals surface area contributed by atoms with Gasteiger partial charge in [-0.05, 0) is 214 Å². The average Bonchev–Trinajstić information content (AvgIpc) is 3.45. The first-order valence-corrected chi connectivity index (χ1v) is 28.2. The Morgan fingerprint density at radius 3 is 1.04 bits per heavy atom. The highest BCUT2D eigenvalue weighted by Crippen LogP contribution is 2.68. The van der Waals surface area contributed by atoms with E-state index in [0.717, 1.165) is 116 Å². The summed E-state index contributed by atoms with van der Waals surface area (Å²) in [6, 6.07) is 34.6. The molecule has 0 aliphatic heterocycles. The van der Waals surface area contributed by atoms with Crippen LogP contribution in [0.5, 0.6) is 0 Å². The normalized spacial score (nSPS) is 27.7. The number of aliphatic hydroxyl groups is 2. The first-order chi connectivity index (χ1) is 37.9. The van der Waals surface area contributed by atoms with Gasteiger partial charge in [-0.15, -0.1) is 0 Å². The summed E-state index contributed by atoms with van der Waals surface area (Å²) in [5, 5.41) is 43.8. The molecule has 8 saturated carbocycles. The summed E-state index contributed by atoms with van der Waals surface area (Å²) in [5.74, 6) is 1.19. The number of rotatable bonds is 16. The Kier molecular flexibility index (Phi) is 12.8. The number of anilines is 12. The van der Waals surface area contributed by atoms with Crippen molar-refractivity contribution < 1.29 is 19.8 Å². The Bertz CT molecular complexity index is 3370. The Labute approximate surface area is 462 Å². The molecule has 6 atom stereocenters. The lowest BCUT2D eigenvalue weighted by molar-refractivity contribution is -0.167. The second kappa shape index (κ2) is 19.5. The van der Waals surface area contributed by atoms with Crippen molar-refractivity contribution in [3.8, 4) is 33.4 Å². The molecule has 8 fully saturated rings. The maximum absolute atomic E-state index is 14.6. The van der Waals surface area contributed by atoms with Gasteiger partial charge in [-0.2, -0.15) is 0 Å². The molecule has 6 aromatic carbocycles. The van der Waals surface area contributed by atoms with Crippen LogP contribution in [0.4, 0.5) is 68.2 Å². The van der Waals surface area contributed by atoms with Gasteiger partial charge in [0, 0.05) is 24.4 Å². The van der Waals surface area contributed by atoms with Crippen LogP contribution in [0.2, 0.25) is 0 Å². The fourth-order valence-electron chi connectivity index (χ4n) is 16.5. The van der Waals surface area contributed by atoms with Gasteiger partial charge < -0.3 is 76.5 Å². The van der Waals surface area contributed by atoms with Crippen LogP contribution in [0.15, 0.2) is 109 Å². The number of nitrogens with one attached hydrogen (secondary N) is 6. The summed E-state index contributed by atoms with van der Waals surface area (Å²) in [5.41, 5.74) is 49.7. The lowest BCUT2D eigenvalue weighted by Crippen LogP contribution is -2.60. The minimum Gasteiger partial charge on any atom is -0.397 e. The van der Waals surface area contributed by atoms with Gasteiger partial charge in [-0.25, -0.2) is 0 Å². The Morgan fingerprint density at radius 2 is 0.747 bits per heavy atom. The van der Waals surface area contributed by atoms with E-state index in [9.17, 15) is 19.8 Å². The van der Waals surface area contributed by atoms with E-state index >= 15 is 0 Å². The molecule has 0 aromatic heterocycles. The molecule has 0 saturated heterocycles. The molecule has 14 rings (SSSR count). The molecule has 8 aliphatic rings. The zero-order valence-electron chi connectivity index (χ0n) is 45.2. The maximum atomic E-state index is 14.6. The van der Waals surface area contributed by atoms with Gasteiger partial charge in [0.1, 0.15) is 12.5 Å². The van der Waals surface area contributed by atoms with E-state index in [4.69, 9.17) is 34.4 Å². The van der Waals surface area contributed by atoms with Crippen LogP contribution in [-0.2, 0) is 9.59 Å². The van der Waals surface area contributed by atoms with Crippen molar-refractivity contribution in [2.45, 2.75) is 96.4 Å². The summed E-state index contributed by atoms with van der Waals surface area (Å²) in [4.78, 5) is 29.1. The molecule has 6 aromatic rings. The van der Waals surface area contributed by atoms with Crippen molar-refractivity contribution in [1.29, 1.82) is 0 Å². The summed E-state index contributed by atoms with van der Waals surface area (Å²) in [6.07, 6.45) is 7.86. The predicted molar refractivity (Wildman–Crippen MR) is 321 cm³/mol. The quantitative estimate of drug-likeness (QED) is 0.0317. The van der Waals surface area contributed by atoms with Crippen LogP contribution in [0, 0.1) is 45.3 Å². The summed E-state index contributed by atoms with van der Waals surface area (Å²) in [6.45, 7) is 2.80. The Hall–Kier alpha value is -7.82. The molecule has 412 valence electrons. The first-order valence-electron chi connectivity index (χ1n) is 28.2. The van der Waals surface area contributed by atoms with Crippen molar-refractivity contribution in [3.63, 3.8) is 0 Å². The predicted octanol–water partition coefficient (Wildman–Crippen LogP) is 10.6. The molecular weight excluding hydrogens is 989 g/mol. The molecule has 20 N–H and O–H groups in total. The third kappa shape index (κ3) is 9.31. The number of aliphatic hydroxyl groups excluding tert-OH is 2. The monoisotopic (exact) mass is 1060 g/mol. The third-order valence-corrected chi connectivity index (χ3v) is 19.4. The molecule has 8 bridgehead atoms. The third-order valence-electron chi connectivity index (χ3n) is 19.4. The molecule has 0 heterocycles. The van der Waals surface area contributed by atoms with E-state index in [1.165, 1.54) is 0 Å². The largest absolute Gasteiger partial charge is 0.397 e. The highest BCUT2D eigenvalue weighted by atomic mass is 16.3. The highest BCUT2D eigenvalue weighted by molar-refractivity contribution is 6.00. The number of hydrogen-bond donors (Lipinski definition) is 14. The van der Waals surface area contributed by atoms with Gasteiger partial charge >= 0.3 is 0 Å². The van der Waals surface area contributed by atoms with Crippen molar-refractivity contribution in [2.75, 3.05) is 79.9 Å². The summed E-state index contributed by atoms with van der Waals surface area (Å²) in [7, 11) is 1.83. The lowest BCUT2D eigenvalue weighted by Gasteiger charge is -2.62. The second-order valence-electron chi connectivity index (χ2n) is 24.8. The Balaban J connectivity index is 0.691. The summed E-state index contributed by atoms with van der Waals surface area (Å²) >= 11 is 0. The van der Waals surface area contributed by atoms with Crippen LogP contribution in [0.1, 0.15) is 84.0 Å². The minimum atomic E-state index is -0.929. The van der Waals surface area contributed by atoms with Crippen molar-refractivity contribution >= 4 is 80.1 Å². The van der Waals surface area contributed by atoms with Crippen molar-refractivity contribution in [2.24, 2.45) is 45.3 Å². The number of nitrogens with two attached hydrogens (primary N) is 6. The van der Waals surface area contributed by atoms with Crippen LogP contribution >= 0.6 is 0 Å². The van der Waals surface area contributed by atoms with Gasteiger partial charge in [0.2, 0.25) is 11.8 Å². The fourth-order valence-corrected chi connectivity index (χ4v) is 16.5. The number of benzene rings is 6. The van der Waals surface area contributed by atoms with E-state index in [1.54, 1.807) is 0 Å². The van der Waals surface area contributed by atoms with Crippen LogP contribution in [-0.4, -0.2) is 48.1 Å². The van der Waals surface area contributed by atoms with Gasteiger partial charge in [-0.1, -0.05) is 36.4 Å². The molecule has 0 spiro atoms. The molecule has 0 radical (unpaired) electrons. The van der Waals surface area contributed by atoms with Gasteiger partial charge in [0.15, 0.2) is 0 Å². The number of amides is 2. The zero-order valence-corrected chi connectivity index (χ0v) is 45.2. The minimum absolute atomic E-state index is 0.0419. The van der Waals surface area contributed by atoms with Gasteiger partial charge in [-0.3, -0.25) is 9.59 Å². The van der Waals surface area contributed by atoms with E-state index < -0.39 is 34.1 Å². The SMILES string of the molecule is CCNc1ccc(-c2ccc(NC(=O)C34CC5CC(C3)CC(C(O)Nc3ccc(-c6ccc(NC(=O)C78CC9CC(C7)CC(C(O)Nc7ccc(-c%10ccc(NC)c(N)c%10)cc7N)(C9)C8)c(N)c6)cc3N)(C5)C4)c(N)c2)cc1N. The molecule has 16 nitrogen and oxygen atoms in total. The smallest absolute Gasteiger partial charge is 0.230 e. The maximum Gasteiger partial charge on any atom is 0.230 e. The van der Waals surface area contributed by atoms with Crippen molar-refractivity contribution in [1.82, 2.24) is 0 Å². The van der Waals surface area contributed by atoms with Crippen LogP contribution < -0.4 is 66.3 Å². The molecule has 79 heavy (non-hydrogen) atoms. The zero-order chi connectivity index (χ0) is 55.2. The highest BCUT2D eigenvalue weighted by Gasteiger charge is 2.64. The molecule has 6 unspecified atom stereocenters. The topological polar surface area (TPSA) is 303 Å². The number of carbonyl (C=O) groups excluding carboxylic acids is 2. The number of hydrogen-bond acceptors (Lipinski definition) is 14. The Morgan fingerprint density at radius 1 is 0.456 bits per heavy atom. The van der Waals surface area contributed by atoms with Gasteiger partial charge in [0.25, 0.3) is 0 Å². The number of carbonyl (C=O) groups is 2. The first kappa shape index (κ1) is 51.9. The van der Waals surface area contributed by atoms with Crippen LogP contribution in [0.3, 0.4) is 0 Å². The molecular formula is C63H76N12O4. The molecule has 2 amide bonds. The van der Waals surface area contributed by atoms with E-state index in [-0.39, 0.29) is 11.8 Å². The lowest BCUT2D eigenvalue weighted by atomic mass is 9.43. The second-order valence-corrected chi connectivity index (χ2v) is 24.8. The average molecular weight is 1070 g/mol. The van der Waals surface area contributed by atoms with E-state index in [0.29, 0.717) is 93.4 Å². The van der Waals surface area contributed by atoms with Crippen LogP contribution in [0.25, 0.3) is 33.4 Å². The van der Waals surface area contributed by atoms with E-state index in [2.05, 4.69) is 31.9 Å². The molecule has 8 aliphatic carbocycles. The van der Waals surface area contributed by atoms with E-state index in [1.807, 2.05) is 123 Å². The van der Waals surface area contributed by atoms with Crippen molar-refractivity contribution in [3.05, 3.63) is 109 Å².